The van der Waals surface area contributed by atoms with Crippen LogP contribution in [0.1, 0.15) is 83.1 Å². The Labute approximate surface area is 356 Å². The molecule has 297 valence electrons. The minimum Gasteiger partial charge on any atom is -0.651 e. The predicted octanol–water partition coefficient (Wildman–Crippen LogP) is 15.8. The van der Waals surface area contributed by atoms with Crippen LogP contribution in [0.15, 0.2) is 109 Å². The van der Waals surface area contributed by atoms with Gasteiger partial charge in [0.1, 0.15) is 0 Å². The molecule has 4 rings (SSSR count). The van der Waals surface area contributed by atoms with E-state index in [4.69, 9.17) is 16.0 Å². The van der Waals surface area contributed by atoms with Gasteiger partial charge in [-0.05, 0) is 144 Å². The monoisotopic (exact) mass is 867 g/mol. The number of rotatable bonds is 18. The topological polar surface area (TPSA) is 45.5 Å². The van der Waals surface area contributed by atoms with Crippen molar-refractivity contribution < 1.29 is 35.0 Å². The van der Waals surface area contributed by atoms with Crippen molar-refractivity contribution in [1.82, 2.24) is 0 Å². The second-order valence-electron chi connectivity index (χ2n) is 15.6. The maximum Gasteiger partial charge on any atom is 2.00 e. The van der Waals surface area contributed by atoms with Crippen LogP contribution in [0.4, 0.5) is 34.1 Å². The summed E-state index contributed by atoms with van der Waals surface area (Å²) in [5.41, 5.74) is 10.4. The Kier molecular flexibility index (Phi) is 24.7. The van der Waals surface area contributed by atoms with E-state index in [0.29, 0.717) is 34.0 Å². The summed E-state index contributed by atoms with van der Waals surface area (Å²) in [6.07, 6.45) is 2.73. The van der Waals surface area contributed by atoms with Gasteiger partial charge in [0, 0.05) is 33.6 Å². The Morgan fingerprint density at radius 2 is 0.574 bits per heavy atom. The van der Waals surface area contributed by atoms with Gasteiger partial charge in [0.05, 0.1) is 34.0 Å². The van der Waals surface area contributed by atoms with Crippen LogP contribution in [0.2, 0.25) is 0 Å². The second-order valence-corrected chi connectivity index (χ2v) is 26.9. The van der Waals surface area contributed by atoms with Gasteiger partial charge in [0.15, 0.2) is 0 Å². The second kappa shape index (κ2) is 26.4. The van der Waals surface area contributed by atoms with Gasteiger partial charge in [-0.1, -0.05) is 91.0 Å². The van der Waals surface area contributed by atoms with E-state index in [0.717, 1.165) is 53.0 Å². The van der Waals surface area contributed by atoms with E-state index in [1.165, 1.54) is 0 Å². The minimum absolute atomic E-state index is 0. The van der Waals surface area contributed by atoms with E-state index in [1.807, 2.05) is 36.4 Å². The number of hydrogen-bond acceptors (Lipinski definition) is 1. The molecule has 0 fully saturated rings. The van der Waals surface area contributed by atoms with Crippen molar-refractivity contribution in [3.8, 4) is 0 Å². The van der Waals surface area contributed by atoms with Gasteiger partial charge in [0.25, 0.3) is 0 Å². The molecular formula is C45H69N4NiP3V+2. The number of nitrogens with zero attached hydrogens (tertiary/aromatic N) is 4. The van der Waals surface area contributed by atoms with Crippen molar-refractivity contribution in [2.75, 3.05) is 23.8 Å². The number of hydrogen-bond donors (Lipinski definition) is 0. The first-order valence-electron chi connectivity index (χ1n) is 19.5. The number of benzene rings is 4. The Morgan fingerprint density at radius 3 is 0.778 bits per heavy atom. The van der Waals surface area contributed by atoms with Gasteiger partial charge in [-0.2, -0.15) is 0 Å². The van der Waals surface area contributed by atoms with Gasteiger partial charge >= 0.3 is 18.6 Å². The molecule has 0 amide bonds. The molecule has 0 saturated carbocycles. The van der Waals surface area contributed by atoms with Gasteiger partial charge in [-0.15, -0.1) is 17.1 Å². The average Bonchev–Trinajstić information content (AvgIpc) is 3.10. The Morgan fingerprint density at radius 1 is 0.370 bits per heavy atom. The first kappa shape index (κ1) is 50.5. The molecule has 4 aromatic carbocycles. The third-order valence-corrected chi connectivity index (χ3v) is 20.2. The molecule has 0 saturated heterocycles. The summed E-state index contributed by atoms with van der Waals surface area (Å²) in [6.45, 7) is 28.4. The molecule has 9 heteroatoms. The summed E-state index contributed by atoms with van der Waals surface area (Å²) < 4.78 is 0. The molecule has 0 bridgehead atoms. The van der Waals surface area contributed by atoms with Crippen LogP contribution >= 0.6 is 23.8 Å². The third kappa shape index (κ3) is 15.8. The van der Waals surface area contributed by atoms with Crippen molar-refractivity contribution in [2.24, 2.45) is 0 Å². The van der Waals surface area contributed by atoms with Gasteiger partial charge in [-0.3, -0.25) is 0 Å². The van der Waals surface area contributed by atoms with Crippen molar-refractivity contribution in [3.05, 3.63) is 125 Å². The van der Waals surface area contributed by atoms with Crippen molar-refractivity contribution in [1.29, 1.82) is 0 Å². The molecule has 0 heterocycles. The smallest absolute Gasteiger partial charge is 0.651 e. The molecule has 0 aliphatic carbocycles. The summed E-state index contributed by atoms with van der Waals surface area (Å²) in [5.74, 6) is 0. The van der Waals surface area contributed by atoms with E-state index < -0.39 is 23.8 Å². The third-order valence-electron chi connectivity index (χ3n) is 9.78. The molecule has 0 spiro atoms. The molecule has 0 aliphatic heterocycles. The molecule has 1 radical (unpaired) electrons. The Balaban J connectivity index is 0.00000165. The van der Waals surface area contributed by atoms with Crippen molar-refractivity contribution in [2.45, 2.75) is 117 Å². The van der Waals surface area contributed by atoms with E-state index >= 15 is 0 Å². The standard InChI is InChI=1S/C39H60N4P3.C6H6.Ni.V/c1-28(2)44(29(3)4)25-40-34-19-13-16-22-37(34)43(38-23-17-14-20-35(38)41-26-45(30(5)6)31(7)8)39-24-18-15-21-36(39)42-27-46(32(9)10)33(11)12;1-2-4-6-5-3-1;;/h13-24,28-33H,25-27H2,1-12H3;1-6H;;/q-3;;;+2/p+3. The minimum atomic E-state index is -0.646. The van der Waals surface area contributed by atoms with Crippen LogP contribution in [-0.4, -0.2) is 52.8 Å². The first-order chi connectivity index (χ1) is 24.8. The van der Waals surface area contributed by atoms with Crippen LogP contribution in [-0.2, 0) is 35.0 Å². The number of para-hydroxylation sites is 6. The summed E-state index contributed by atoms with van der Waals surface area (Å²) in [4.78, 5) is 2.40. The summed E-state index contributed by atoms with van der Waals surface area (Å²) in [5, 5.41) is 16.1. The Hall–Kier alpha value is -1.55. The molecule has 4 nitrogen and oxygen atoms in total. The van der Waals surface area contributed by atoms with Crippen molar-refractivity contribution >= 4 is 57.9 Å². The quantitative estimate of drug-likeness (QED) is 0.0726. The van der Waals surface area contributed by atoms with E-state index in [1.54, 1.807) is 0 Å². The fourth-order valence-electron chi connectivity index (χ4n) is 6.76. The molecule has 0 N–H and O–H groups in total. The molecule has 0 aliphatic rings. The van der Waals surface area contributed by atoms with Crippen LogP contribution in [0.5, 0.6) is 0 Å². The van der Waals surface area contributed by atoms with E-state index in [9.17, 15) is 0 Å². The molecule has 4 aromatic rings. The summed E-state index contributed by atoms with van der Waals surface area (Å²) in [7, 11) is -1.94. The zero-order valence-electron chi connectivity index (χ0n) is 35.0. The molecule has 0 atom stereocenters. The van der Waals surface area contributed by atoms with Gasteiger partial charge in [0.2, 0.25) is 0 Å². The van der Waals surface area contributed by atoms with Crippen LogP contribution in [0.25, 0.3) is 16.0 Å². The largest absolute Gasteiger partial charge is 2.00 e. The molecule has 0 aromatic heterocycles. The summed E-state index contributed by atoms with van der Waals surface area (Å²) >= 11 is 0. The maximum atomic E-state index is 5.37. The molecule has 0 unspecified atom stereocenters. The van der Waals surface area contributed by atoms with E-state index in [-0.39, 0.29) is 35.0 Å². The Bertz CT molecular complexity index is 1360. The summed E-state index contributed by atoms with van der Waals surface area (Å²) in [6, 6.07) is 38.1. The zero-order valence-corrected chi connectivity index (χ0v) is 40.4. The number of anilines is 3. The molecule has 54 heavy (non-hydrogen) atoms. The normalized spacial score (nSPS) is 11.3. The van der Waals surface area contributed by atoms with Crippen molar-refractivity contribution in [3.63, 3.8) is 0 Å². The molecular weight excluding hydrogens is 799 g/mol. The van der Waals surface area contributed by atoms with Crippen LogP contribution < -0.4 is 4.90 Å². The van der Waals surface area contributed by atoms with Crippen LogP contribution in [0.3, 0.4) is 0 Å². The fraction of sp³-hybridized carbons (Fsp3) is 0.467. The van der Waals surface area contributed by atoms with E-state index in [2.05, 4.69) is 161 Å². The maximum absolute atomic E-state index is 5.37. The van der Waals surface area contributed by atoms with Gasteiger partial charge < -0.3 is 20.9 Å². The van der Waals surface area contributed by atoms with Gasteiger partial charge in [-0.25, -0.2) is 0 Å². The predicted molar refractivity (Wildman–Crippen MR) is 247 cm³/mol. The SMILES string of the molecule is CC(C)[PH+](C[N-]c1ccccc1N(c1ccccc1[N-]C[PH+](C(C)C)C(C)C)c1ccccc1[N-]C[PH+](C(C)C)C(C)C)C(C)C.[Ni].[V+2].c1ccccc1. The van der Waals surface area contributed by atoms with Crippen LogP contribution in [0, 0.1) is 0 Å². The first-order valence-corrected chi connectivity index (χ1v) is 25.1. The fourth-order valence-corrected chi connectivity index (χ4v) is 14.0. The average molecular weight is 869 g/mol. The zero-order chi connectivity index (χ0) is 38.2.